The molecule has 0 bridgehead atoms. The van der Waals surface area contributed by atoms with Gasteiger partial charge >= 0.3 is 11.9 Å². The van der Waals surface area contributed by atoms with Crippen molar-refractivity contribution in [1.82, 2.24) is 40.4 Å². The molecular weight excluding hydrogens is 1250 g/mol. The van der Waals surface area contributed by atoms with E-state index in [2.05, 4.69) is 31.2 Å². The van der Waals surface area contributed by atoms with Gasteiger partial charge in [-0.15, -0.1) is 0 Å². The van der Waals surface area contributed by atoms with E-state index in [1.54, 1.807) is 9.80 Å². The highest BCUT2D eigenvalue weighted by atomic mass is 32.2. The van der Waals surface area contributed by atoms with Gasteiger partial charge in [-0.25, -0.2) is 45.9 Å². The van der Waals surface area contributed by atoms with Gasteiger partial charge in [-0.2, -0.15) is 16.8 Å². The highest BCUT2D eigenvalue weighted by Crippen LogP contribution is 2.48. The van der Waals surface area contributed by atoms with Crippen LogP contribution in [0.25, 0.3) is 33.4 Å². The monoisotopic (exact) mass is 1310 g/mol. The Hall–Kier alpha value is -9.10. The van der Waals surface area contributed by atoms with Crippen LogP contribution in [0.5, 0.6) is 0 Å². The predicted molar refractivity (Wildman–Crippen MR) is 308 cm³/mol. The minimum absolute atomic E-state index is 0.0247. The molecule has 484 valence electrons. The molecule has 4 amide bonds. The summed E-state index contributed by atoms with van der Waals surface area (Å²) in [5.74, 6) is -10.8. The van der Waals surface area contributed by atoms with Crippen LogP contribution in [-0.4, -0.2) is 166 Å². The van der Waals surface area contributed by atoms with Crippen molar-refractivity contribution in [2.45, 2.75) is 63.9 Å². The summed E-state index contributed by atoms with van der Waals surface area (Å²) in [5, 5.41) is 29.0. The molecule has 12 N–H and O–H groups in total. The minimum Gasteiger partial charge on any atom is -0.477 e. The standard InChI is InChI=1S/2C26H25F3N6O5.2CH4O3S/c2*1-10(30)24(37)31-11(2)25(38)32-20-14-7-34(8-15(14)20)23-18(29)6-13-21(36)16(26(39)40)9-35(22(13)33-23)19-4-3-12(27)5-17(19)28;2*1-5(2,3)4/h2*3-6,9-11,14-15,20H,7-8,30H2,1-2H3,(H,31,37)(H,32,38)(H,39,40);2*1H3,(H,2,3,4)/t2*10-,11-,14-,15+,20+;;/m00../s1. The average Bonchev–Trinajstić information content (AvgIpc) is 1.44. The van der Waals surface area contributed by atoms with Crippen LogP contribution >= 0.6 is 0 Å². The maximum absolute atomic E-state index is 15.2. The predicted octanol–water partition coefficient (Wildman–Crippen LogP) is 0.816. The molecule has 10 atom stereocenters. The first-order valence-corrected chi connectivity index (χ1v) is 30.4. The highest BCUT2D eigenvalue weighted by Gasteiger charge is 2.58. The fraction of sp³-hybridized carbons (Fsp3) is 0.370. The molecule has 90 heavy (non-hydrogen) atoms. The molecule has 2 aliphatic heterocycles. The first kappa shape index (κ1) is 68.4. The van der Waals surface area contributed by atoms with E-state index in [1.165, 1.54) is 27.7 Å². The third-order valence-electron chi connectivity index (χ3n) is 14.6. The number of carbonyl (C=O) groups excluding carboxylic acids is 4. The Morgan fingerprint density at radius 2 is 0.833 bits per heavy atom. The van der Waals surface area contributed by atoms with Gasteiger partial charge < -0.3 is 52.7 Å². The zero-order chi connectivity index (χ0) is 67.1. The normalized spacial score (nSPS) is 20.0. The molecule has 36 heteroatoms. The lowest BCUT2D eigenvalue weighted by Crippen LogP contribution is -2.50. The summed E-state index contributed by atoms with van der Waals surface area (Å²) in [6.07, 6.45) is 3.17. The number of carboxylic acid groups (broad SMARTS) is 2. The summed E-state index contributed by atoms with van der Waals surface area (Å²) in [7, 11) is -7.33. The second-order valence-corrected chi connectivity index (χ2v) is 24.6. The van der Waals surface area contributed by atoms with E-state index >= 15 is 8.78 Å². The number of hydrogen-bond acceptors (Lipinski definition) is 18. The van der Waals surface area contributed by atoms with Crippen LogP contribution in [0, 0.1) is 58.6 Å². The van der Waals surface area contributed by atoms with E-state index < -0.39 is 125 Å². The molecule has 6 aromatic rings. The number of carboxylic acids is 2. The van der Waals surface area contributed by atoms with Crippen molar-refractivity contribution in [2.24, 2.45) is 35.1 Å². The lowest BCUT2D eigenvalue weighted by molar-refractivity contribution is -0.129. The number of halogens is 6. The van der Waals surface area contributed by atoms with Crippen molar-refractivity contribution in [3.63, 3.8) is 0 Å². The van der Waals surface area contributed by atoms with E-state index in [0.717, 1.165) is 57.9 Å². The molecule has 4 aliphatic rings. The summed E-state index contributed by atoms with van der Waals surface area (Å²) in [4.78, 5) is 109. The lowest BCUT2D eigenvalue weighted by atomic mass is 10.1. The summed E-state index contributed by atoms with van der Waals surface area (Å²) < 4.78 is 141. The van der Waals surface area contributed by atoms with Crippen LogP contribution in [0.15, 0.2) is 70.5 Å². The van der Waals surface area contributed by atoms with Gasteiger partial charge in [0.25, 0.3) is 20.2 Å². The molecule has 6 heterocycles. The van der Waals surface area contributed by atoms with Gasteiger partial charge in [-0.05, 0) is 64.1 Å². The van der Waals surface area contributed by atoms with E-state index in [4.69, 9.17) is 20.6 Å². The lowest BCUT2D eigenvalue weighted by Gasteiger charge is -2.23. The molecule has 28 nitrogen and oxygen atoms in total. The summed E-state index contributed by atoms with van der Waals surface area (Å²) in [6, 6.07) is 3.43. The maximum Gasteiger partial charge on any atom is 0.341 e. The molecule has 10 rings (SSSR count). The number of rotatable bonds is 14. The Labute approximate surface area is 505 Å². The number of amides is 4. The van der Waals surface area contributed by atoms with Crippen molar-refractivity contribution < 1.29 is 91.3 Å². The summed E-state index contributed by atoms with van der Waals surface area (Å²) in [6.45, 7) is 7.33. The largest absolute Gasteiger partial charge is 0.477 e. The third kappa shape index (κ3) is 16.0. The number of piperidine rings is 2. The van der Waals surface area contributed by atoms with Crippen LogP contribution in [0.1, 0.15) is 48.4 Å². The smallest absolute Gasteiger partial charge is 0.341 e. The van der Waals surface area contributed by atoms with E-state index in [-0.39, 0.29) is 92.6 Å². The number of pyridine rings is 4. The first-order chi connectivity index (χ1) is 41.7. The van der Waals surface area contributed by atoms with Crippen molar-refractivity contribution in [2.75, 3.05) is 48.5 Å². The number of aromatic nitrogens is 4. The van der Waals surface area contributed by atoms with Crippen LogP contribution in [0.3, 0.4) is 0 Å². The van der Waals surface area contributed by atoms with Crippen molar-refractivity contribution >= 4 is 89.5 Å². The molecule has 0 spiro atoms. The number of nitrogens with zero attached hydrogens (tertiary/aromatic N) is 6. The number of anilines is 2. The second-order valence-electron chi connectivity index (χ2n) is 21.7. The number of fused-ring (bicyclic) bond motifs is 4. The van der Waals surface area contributed by atoms with Crippen molar-refractivity contribution in [1.29, 1.82) is 0 Å². The van der Waals surface area contributed by atoms with E-state index in [0.29, 0.717) is 50.8 Å². The fourth-order valence-electron chi connectivity index (χ4n) is 10.1. The molecule has 4 fully saturated rings. The van der Waals surface area contributed by atoms with Gasteiger partial charge in [0.2, 0.25) is 34.5 Å². The average molecular weight is 1310 g/mol. The number of carbonyl (C=O) groups is 6. The Balaban J connectivity index is 0.000000222. The minimum atomic E-state index is -3.67. The van der Waals surface area contributed by atoms with E-state index in [1.807, 2.05) is 0 Å². The van der Waals surface area contributed by atoms with Gasteiger partial charge in [0.1, 0.15) is 46.5 Å². The number of nitrogens with two attached hydrogens (primary N) is 2. The van der Waals surface area contributed by atoms with Crippen LogP contribution in [0.2, 0.25) is 0 Å². The fourth-order valence-corrected chi connectivity index (χ4v) is 10.1. The Bertz CT molecular complexity index is 3970. The van der Waals surface area contributed by atoms with Crippen LogP contribution in [0.4, 0.5) is 38.0 Å². The highest BCUT2D eigenvalue weighted by molar-refractivity contribution is 7.85. The molecule has 0 radical (unpaired) electrons. The zero-order valence-electron chi connectivity index (χ0n) is 48.0. The van der Waals surface area contributed by atoms with Gasteiger partial charge in [0.15, 0.2) is 34.6 Å². The van der Waals surface area contributed by atoms with Crippen LogP contribution in [-0.2, 0) is 39.4 Å². The topological polar surface area (TPSA) is 428 Å². The summed E-state index contributed by atoms with van der Waals surface area (Å²) >= 11 is 0. The number of hydrogen-bond donors (Lipinski definition) is 10. The second kappa shape index (κ2) is 26.5. The molecule has 0 unspecified atom stereocenters. The van der Waals surface area contributed by atoms with Crippen LogP contribution < -0.4 is 53.4 Å². The molecule has 4 aromatic heterocycles. The Morgan fingerprint density at radius 1 is 0.533 bits per heavy atom. The molecule has 2 aliphatic carbocycles. The molecule has 2 aromatic carbocycles. The third-order valence-corrected chi connectivity index (χ3v) is 14.6. The van der Waals surface area contributed by atoms with Gasteiger partial charge in [0, 0.05) is 86.5 Å². The Morgan fingerprint density at radius 3 is 1.10 bits per heavy atom. The number of nitrogens with one attached hydrogen (secondary N) is 4. The maximum atomic E-state index is 15.2. The number of aromatic carboxylic acids is 2. The van der Waals surface area contributed by atoms with Gasteiger partial charge in [-0.1, -0.05) is 0 Å². The molecular formula is C54H58F6N12O16S2. The number of benzene rings is 2. The molecule has 2 saturated carbocycles. The zero-order valence-corrected chi connectivity index (χ0v) is 49.6. The van der Waals surface area contributed by atoms with Gasteiger partial charge in [0.05, 0.1) is 46.7 Å². The van der Waals surface area contributed by atoms with Crippen molar-refractivity contribution in [3.05, 3.63) is 127 Å². The summed E-state index contributed by atoms with van der Waals surface area (Å²) in [5.41, 5.74) is 6.56. The SMILES string of the molecule is CS(=O)(=O)O.CS(=O)(=O)O.C[C@H](N)C(=O)N[C@@H](C)C(=O)N[C@H]1[C@@H]2CN(c3nc4c(cc3F)c(=O)c(C(=O)O)cn4-c3ccc(F)cc3F)C[C@@H]21.C[C@H](N)C(=O)N[C@@H](C)C(=O)N[C@H]1[C@@H]2CN(c3nc4c(cc3F)c(=O)c(C(=O)O)cn4-c3ccc(F)cc3F)C[C@@H]21. The van der Waals surface area contributed by atoms with Gasteiger partial charge in [-0.3, -0.25) is 47.0 Å². The quantitative estimate of drug-likeness (QED) is 0.0533. The van der Waals surface area contributed by atoms with E-state index in [9.17, 15) is 83.0 Å². The first-order valence-electron chi connectivity index (χ1n) is 26.7. The molecule has 2 saturated heterocycles. The Kier molecular flexibility index (Phi) is 20.2. The van der Waals surface area contributed by atoms with Crippen molar-refractivity contribution in [3.8, 4) is 11.4 Å².